The van der Waals surface area contributed by atoms with Gasteiger partial charge in [0, 0.05) is 13.0 Å². The summed E-state index contributed by atoms with van der Waals surface area (Å²) in [5.74, 6) is 0.0996. The second-order valence-electron chi connectivity index (χ2n) is 6.52. The molecule has 0 aliphatic rings. The lowest BCUT2D eigenvalue weighted by molar-refractivity contribution is -0.121. The third-order valence-corrected chi connectivity index (χ3v) is 3.69. The molecule has 0 spiro atoms. The highest BCUT2D eigenvalue weighted by Crippen LogP contribution is 2.28. The molecule has 0 fully saturated rings. The first-order chi connectivity index (χ1) is 9.81. The summed E-state index contributed by atoms with van der Waals surface area (Å²) in [7, 11) is 0. The lowest BCUT2D eigenvalue weighted by atomic mass is 9.80. The molecule has 3 nitrogen and oxygen atoms in total. The molecule has 0 atom stereocenters. The molecule has 21 heavy (non-hydrogen) atoms. The van der Waals surface area contributed by atoms with Gasteiger partial charge in [-0.1, -0.05) is 43.7 Å². The number of benzene rings is 1. The van der Waals surface area contributed by atoms with Crippen LogP contribution in [0.2, 0.25) is 0 Å². The van der Waals surface area contributed by atoms with E-state index in [9.17, 15) is 4.79 Å². The lowest BCUT2D eigenvalue weighted by Gasteiger charge is -2.25. The Balaban J connectivity index is 2.35. The number of hydrogen-bond acceptors (Lipinski definition) is 2. The van der Waals surface area contributed by atoms with E-state index in [0.717, 1.165) is 6.42 Å². The maximum atomic E-state index is 11.9. The van der Waals surface area contributed by atoms with Crippen molar-refractivity contribution in [1.29, 1.82) is 0 Å². The van der Waals surface area contributed by atoms with E-state index in [1.165, 1.54) is 11.1 Å². The molecule has 0 unspecified atom stereocenters. The Bertz CT molecular complexity index is 435. The van der Waals surface area contributed by atoms with Crippen molar-refractivity contribution >= 4 is 5.91 Å². The van der Waals surface area contributed by atoms with Crippen LogP contribution in [-0.4, -0.2) is 25.2 Å². The van der Waals surface area contributed by atoms with E-state index in [4.69, 9.17) is 4.74 Å². The van der Waals surface area contributed by atoms with E-state index in [0.29, 0.717) is 19.6 Å². The van der Waals surface area contributed by atoms with Crippen LogP contribution in [0.25, 0.3) is 0 Å². The maximum absolute atomic E-state index is 11.9. The molecule has 1 aromatic carbocycles. The van der Waals surface area contributed by atoms with Gasteiger partial charge in [0.1, 0.15) is 0 Å². The van der Waals surface area contributed by atoms with Crippen molar-refractivity contribution < 1.29 is 9.53 Å². The molecule has 0 heterocycles. The Morgan fingerprint density at radius 2 is 1.86 bits per heavy atom. The van der Waals surface area contributed by atoms with Crippen molar-refractivity contribution in [2.24, 2.45) is 0 Å². The first-order valence-electron chi connectivity index (χ1n) is 7.77. The number of nitrogens with one attached hydrogen (secondary N) is 1. The number of hydrogen-bond donors (Lipinski definition) is 1. The molecule has 0 saturated carbocycles. The minimum absolute atomic E-state index is 0.0134. The standard InChI is InChI=1S/C18H29NO2/c1-14(2)21-13-12-19-17(20)10-11-18(4,5)16-8-6-15(3)7-9-16/h6-9,14H,10-13H2,1-5H3,(H,19,20). The van der Waals surface area contributed by atoms with Gasteiger partial charge in [0.2, 0.25) is 5.91 Å². The summed E-state index contributed by atoms with van der Waals surface area (Å²) in [5.41, 5.74) is 2.56. The van der Waals surface area contributed by atoms with E-state index in [1.54, 1.807) is 0 Å². The van der Waals surface area contributed by atoms with Crippen molar-refractivity contribution in [3.63, 3.8) is 0 Å². The Morgan fingerprint density at radius 1 is 1.24 bits per heavy atom. The first-order valence-corrected chi connectivity index (χ1v) is 7.77. The van der Waals surface area contributed by atoms with Crippen molar-refractivity contribution in [2.45, 2.75) is 59.0 Å². The smallest absolute Gasteiger partial charge is 0.220 e. The zero-order valence-electron chi connectivity index (χ0n) is 14.0. The Labute approximate surface area is 129 Å². The van der Waals surface area contributed by atoms with Crippen LogP contribution in [0.3, 0.4) is 0 Å². The number of carbonyl (C=O) groups is 1. The second kappa shape index (κ2) is 8.18. The molecule has 0 saturated heterocycles. The van der Waals surface area contributed by atoms with Crippen LogP contribution in [0.5, 0.6) is 0 Å². The zero-order chi connectivity index (χ0) is 15.9. The summed E-state index contributed by atoms with van der Waals surface area (Å²) in [5, 5.41) is 2.91. The summed E-state index contributed by atoms with van der Waals surface area (Å²) in [6, 6.07) is 8.56. The molecule has 3 heteroatoms. The lowest BCUT2D eigenvalue weighted by Crippen LogP contribution is -2.29. The molecule has 0 aliphatic heterocycles. The van der Waals surface area contributed by atoms with E-state index < -0.39 is 0 Å². The fourth-order valence-corrected chi connectivity index (χ4v) is 2.15. The highest BCUT2D eigenvalue weighted by atomic mass is 16.5. The number of amides is 1. The van der Waals surface area contributed by atoms with Gasteiger partial charge in [-0.2, -0.15) is 0 Å². The molecule has 1 amide bonds. The quantitative estimate of drug-likeness (QED) is 0.743. The van der Waals surface area contributed by atoms with Gasteiger partial charge in [-0.25, -0.2) is 0 Å². The molecule has 0 aromatic heterocycles. The summed E-state index contributed by atoms with van der Waals surface area (Å²) in [4.78, 5) is 11.9. The molecule has 1 N–H and O–H groups in total. The minimum atomic E-state index is 0.0134. The average molecular weight is 291 g/mol. The highest BCUT2D eigenvalue weighted by molar-refractivity contribution is 5.75. The van der Waals surface area contributed by atoms with Gasteiger partial charge in [0.05, 0.1) is 12.7 Å². The Morgan fingerprint density at radius 3 is 2.43 bits per heavy atom. The van der Waals surface area contributed by atoms with Gasteiger partial charge in [0.15, 0.2) is 0 Å². The van der Waals surface area contributed by atoms with Crippen LogP contribution < -0.4 is 5.32 Å². The third-order valence-electron chi connectivity index (χ3n) is 3.69. The second-order valence-corrected chi connectivity index (χ2v) is 6.52. The molecular weight excluding hydrogens is 262 g/mol. The maximum Gasteiger partial charge on any atom is 0.220 e. The van der Waals surface area contributed by atoms with Gasteiger partial charge in [-0.3, -0.25) is 4.79 Å². The predicted octanol–water partition coefficient (Wildman–Crippen LogP) is 3.59. The van der Waals surface area contributed by atoms with Crippen LogP contribution >= 0.6 is 0 Å². The van der Waals surface area contributed by atoms with Gasteiger partial charge in [0.25, 0.3) is 0 Å². The number of carbonyl (C=O) groups excluding carboxylic acids is 1. The highest BCUT2D eigenvalue weighted by Gasteiger charge is 2.21. The van der Waals surface area contributed by atoms with E-state index in [1.807, 2.05) is 13.8 Å². The summed E-state index contributed by atoms with van der Waals surface area (Å²) < 4.78 is 5.40. The van der Waals surface area contributed by atoms with Gasteiger partial charge >= 0.3 is 0 Å². The van der Waals surface area contributed by atoms with Crippen molar-refractivity contribution in [2.75, 3.05) is 13.2 Å². The van der Waals surface area contributed by atoms with Crippen molar-refractivity contribution in [1.82, 2.24) is 5.32 Å². The van der Waals surface area contributed by atoms with E-state index >= 15 is 0 Å². The fraction of sp³-hybridized carbons (Fsp3) is 0.611. The average Bonchev–Trinajstić information content (AvgIpc) is 2.42. The van der Waals surface area contributed by atoms with Crippen LogP contribution in [0.1, 0.15) is 51.7 Å². The minimum Gasteiger partial charge on any atom is -0.377 e. The van der Waals surface area contributed by atoms with Crippen molar-refractivity contribution in [3.05, 3.63) is 35.4 Å². The van der Waals surface area contributed by atoms with Crippen molar-refractivity contribution in [3.8, 4) is 0 Å². The molecule has 1 aromatic rings. The molecule has 0 radical (unpaired) electrons. The Kier molecular flexibility index (Phi) is 6.90. The summed E-state index contributed by atoms with van der Waals surface area (Å²) in [6.07, 6.45) is 1.59. The monoisotopic (exact) mass is 291 g/mol. The van der Waals surface area contributed by atoms with Crippen LogP contribution in [0, 0.1) is 6.92 Å². The normalized spacial score (nSPS) is 11.7. The number of aryl methyl sites for hydroxylation is 1. The Hall–Kier alpha value is -1.35. The summed E-state index contributed by atoms with van der Waals surface area (Å²) >= 11 is 0. The van der Waals surface area contributed by atoms with Crippen LogP contribution in [0.4, 0.5) is 0 Å². The molecule has 0 aliphatic carbocycles. The molecule has 118 valence electrons. The first kappa shape index (κ1) is 17.7. The SMILES string of the molecule is Cc1ccc(C(C)(C)CCC(=O)NCCOC(C)C)cc1. The van der Waals surface area contributed by atoms with Gasteiger partial charge < -0.3 is 10.1 Å². The van der Waals surface area contributed by atoms with E-state index in [2.05, 4.69) is 50.4 Å². The fourth-order valence-electron chi connectivity index (χ4n) is 2.15. The number of ether oxygens (including phenoxy) is 1. The topological polar surface area (TPSA) is 38.3 Å². The largest absolute Gasteiger partial charge is 0.377 e. The molecular formula is C18H29NO2. The van der Waals surface area contributed by atoms with Gasteiger partial charge in [-0.05, 0) is 38.2 Å². The third kappa shape index (κ3) is 6.76. The zero-order valence-corrected chi connectivity index (χ0v) is 14.0. The van der Waals surface area contributed by atoms with Crippen LogP contribution in [-0.2, 0) is 14.9 Å². The van der Waals surface area contributed by atoms with Gasteiger partial charge in [-0.15, -0.1) is 0 Å². The number of rotatable bonds is 8. The van der Waals surface area contributed by atoms with E-state index in [-0.39, 0.29) is 17.4 Å². The summed E-state index contributed by atoms with van der Waals surface area (Å²) in [6.45, 7) is 11.6. The molecule has 1 rings (SSSR count). The van der Waals surface area contributed by atoms with Crippen LogP contribution in [0.15, 0.2) is 24.3 Å². The predicted molar refractivity (Wildman–Crippen MR) is 87.5 cm³/mol. The molecule has 0 bridgehead atoms.